The fourth-order valence-electron chi connectivity index (χ4n) is 2.50. The lowest BCUT2D eigenvalue weighted by atomic mass is 10.1. The van der Waals surface area contributed by atoms with Gasteiger partial charge < -0.3 is 5.11 Å². The summed E-state index contributed by atoms with van der Waals surface area (Å²) in [5, 5.41) is 13.5. The molecule has 104 valence electrons. The summed E-state index contributed by atoms with van der Waals surface area (Å²) in [7, 11) is 0. The topological polar surface area (TPSA) is 55.1 Å². The zero-order valence-corrected chi connectivity index (χ0v) is 11.8. The number of carboxylic acid groups (broad SMARTS) is 1. The zero-order chi connectivity index (χ0) is 14.3. The number of hydrogen-bond acceptors (Lipinski definition) is 2. The van der Waals surface area contributed by atoms with Crippen molar-refractivity contribution < 1.29 is 9.90 Å². The summed E-state index contributed by atoms with van der Waals surface area (Å²) in [5.74, 6) is -0.303. The Kier molecular flexibility index (Phi) is 3.08. The predicted molar refractivity (Wildman–Crippen MR) is 76.4 cm³/mol. The first kappa shape index (κ1) is 12.9. The van der Waals surface area contributed by atoms with Crippen LogP contribution in [0.1, 0.15) is 41.3 Å². The highest BCUT2D eigenvalue weighted by molar-refractivity contribution is 5.69. The smallest absolute Gasteiger partial charge is 0.309 e. The lowest BCUT2D eigenvalue weighted by molar-refractivity contribution is -0.136. The van der Waals surface area contributed by atoms with Gasteiger partial charge in [0.05, 0.1) is 17.8 Å². The molecule has 0 amide bonds. The van der Waals surface area contributed by atoms with Crippen molar-refractivity contribution in [3.05, 3.63) is 46.8 Å². The molecule has 1 saturated carbocycles. The lowest BCUT2D eigenvalue weighted by Gasteiger charge is -2.10. The van der Waals surface area contributed by atoms with E-state index in [2.05, 4.69) is 37.1 Å². The summed E-state index contributed by atoms with van der Waals surface area (Å²) in [4.78, 5) is 10.9. The summed E-state index contributed by atoms with van der Waals surface area (Å²) >= 11 is 0. The van der Waals surface area contributed by atoms with Gasteiger partial charge in [-0.25, -0.2) is 4.68 Å². The SMILES string of the molecule is Cc1ccc(C)c(-n2nc(CC(=O)O)cc2C2CC2)c1. The molecule has 1 heterocycles. The van der Waals surface area contributed by atoms with Crippen LogP contribution < -0.4 is 0 Å². The van der Waals surface area contributed by atoms with Gasteiger partial charge in [-0.05, 0) is 49.9 Å². The van der Waals surface area contributed by atoms with E-state index in [1.807, 2.05) is 10.7 Å². The van der Waals surface area contributed by atoms with E-state index < -0.39 is 5.97 Å². The Balaban J connectivity index is 2.09. The van der Waals surface area contributed by atoms with Gasteiger partial charge in [-0.15, -0.1) is 0 Å². The fraction of sp³-hybridized carbons (Fsp3) is 0.375. The first-order chi connectivity index (χ1) is 9.54. The molecule has 0 bridgehead atoms. The number of aryl methyl sites for hydroxylation is 2. The van der Waals surface area contributed by atoms with Crippen LogP contribution in [0.3, 0.4) is 0 Å². The molecule has 0 spiro atoms. The maximum Gasteiger partial charge on any atom is 0.309 e. The number of aromatic nitrogens is 2. The molecule has 1 N–H and O–H groups in total. The van der Waals surface area contributed by atoms with E-state index in [-0.39, 0.29) is 6.42 Å². The molecule has 1 aromatic heterocycles. The van der Waals surface area contributed by atoms with Crippen LogP contribution in [0.25, 0.3) is 5.69 Å². The molecule has 0 aliphatic heterocycles. The van der Waals surface area contributed by atoms with Gasteiger partial charge in [-0.3, -0.25) is 4.79 Å². The second kappa shape index (κ2) is 4.78. The Morgan fingerprint density at radius 2 is 2.10 bits per heavy atom. The monoisotopic (exact) mass is 270 g/mol. The molecule has 1 aliphatic rings. The Morgan fingerprint density at radius 1 is 1.35 bits per heavy atom. The van der Waals surface area contributed by atoms with Crippen LogP contribution in [0, 0.1) is 13.8 Å². The Morgan fingerprint density at radius 3 is 2.75 bits per heavy atom. The number of nitrogens with zero attached hydrogens (tertiary/aromatic N) is 2. The Hall–Kier alpha value is -2.10. The van der Waals surface area contributed by atoms with Gasteiger partial charge in [0.25, 0.3) is 0 Å². The molecule has 0 unspecified atom stereocenters. The predicted octanol–water partition coefficient (Wildman–Crippen LogP) is 2.99. The average Bonchev–Trinajstić information content (AvgIpc) is 3.14. The van der Waals surface area contributed by atoms with Crippen LogP contribution in [0.4, 0.5) is 0 Å². The second-order valence-corrected chi connectivity index (χ2v) is 5.61. The first-order valence-corrected chi connectivity index (χ1v) is 6.93. The van der Waals surface area contributed by atoms with Crippen LogP contribution in [0.15, 0.2) is 24.3 Å². The third-order valence-corrected chi connectivity index (χ3v) is 3.71. The third-order valence-electron chi connectivity index (χ3n) is 3.71. The number of hydrogen-bond donors (Lipinski definition) is 1. The Labute approximate surface area is 118 Å². The summed E-state index contributed by atoms with van der Waals surface area (Å²) in [6, 6.07) is 8.23. The number of carbonyl (C=O) groups is 1. The second-order valence-electron chi connectivity index (χ2n) is 5.61. The highest BCUT2D eigenvalue weighted by Crippen LogP contribution is 2.41. The van der Waals surface area contributed by atoms with Crippen molar-refractivity contribution in [2.24, 2.45) is 0 Å². The van der Waals surface area contributed by atoms with Gasteiger partial charge in [-0.1, -0.05) is 12.1 Å². The zero-order valence-electron chi connectivity index (χ0n) is 11.8. The quantitative estimate of drug-likeness (QED) is 0.929. The Bertz CT molecular complexity index is 669. The van der Waals surface area contributed by atoms with E-state index in [0.717, 1.165) is 16.9 Å². The molecular weight excluding hydrogens is 252 g/mol. The summed E-state index contributed by atoms with van der Waals surface area (Å²) in [6.45, 7) is 4.12. The molecule has 1 fully saturated rings. The van der Waals surface area contributed by atoms with Gasteiger partial charge in [0.1, 0.15) is 0 Å². The molecule has 3 rings (SSSR count). The molecule has 4 heteroatoms. The normalized spacial score (nSPS) is 14.5. The number of aliphatic carboxylic acids is 1. The molecule has 0 saturated heterocycles. The molecule has 2 aromatic rings. The van der Waals surface area contributed by atoms with E-state index >= 15 is 0 Å². The third kappa shape index (κ3) is 2.46. The first-order valence-electron chi connectivity index (χ1n) is 6.93. The van der Waals surface area contributed by atoms with Gasteiger partial charge in [0, 0.05) is 11.6 Å². The van der Waals surface area contributed by atoms with Gasteiger partial charge in [0.15, 0.2) is 0 Å². The van der Waals surface area contributed by atoms with Crippen molar-refractivity contribution in [3.63, 3.8) is 0 Å². The number of carboxylic acids is 1. The van der Waals surface area contributed by atoms with Crippen molar-refractivity contribution in [2.75, 3.05) is 0 Å². The molecule has 0 atom stereocenters. The minimum atomic E-state index is -0.835. The maximum absolute atomic E-state index is 10.9. The molecular formula is C16H18N2O2. The van der Waals surface area contributed by atoms with Crippen LogP contribution in [-0.4, -0.2) is 20.9 Å². The highest BCUT2D eigenvalue weighted by atomic mass is 16.4. The minimum Gasteiger partial charge on any atom is -0.481 e. The number of rotatable bonds is 4. The van der Waals surface area contributed by atoms with E-state index in [9.17, 15) is 4.79 Å². The molecule has 1 aromatic carbocycles. The van der Waals surface area contributed by atoms with E-state index in [0.29, 0.717) is 11.6 Å². The summed E-state index contributed by atoms with van der Waals surface area (Å²) < 4.78 is 1.94. The maximum atomic E-state index is 10.9. The van der Waals surface area contributed by atoms with E-state index in [1.54, 1.807) is 0 Å². The van der Waals surface area contributed by atoms with E-state index in [4.69, 9.17) is 5.11 Å². The van der Waals surface area contributed by atoms with Crippen LogP contribution in [-0.2, 0) is 11.2 Å². The van der Waals surface area contributed by atoms with Crippen molar-refractivity contribution >= 4 is 5.97 Å². The number of benzene rings is 1. The fourth-order valence-corrected chi connectivity index (χ4v) is 2.50. The minimum absolute atomic E-state index is 0.0163. The van der Waals surface area contributed by atoms with Gasteiger partial charge in [0.2, 0.25) is 0 Å². The lowest BCUT2D eigenvalue weighted by Crippen LogP contribution is -2.05. The van der Waals surface area contributed by atoms with E-state index in [1.165, 1.54) is 18.4 Å². The molecule has 4 nitrogen and oxygen atoms in total. The van der Waals surface area contributed by atoms with Crippen LogP contribution in [0.5, 0.6) is 0 Å². The van der Waals surface area contributed by atoms with Gasteiger partial charge >= 0.3 is 5.97 Å². The summed E-state index contributed by atoms with van der Waals surface area (Å²) in [5.41, 5.74) is 5.18. The molecule has 20 heavy (non-hydrogen) atoms. The van der Waals surface area contributed by atoms with Crippen molar-refractivity contribution in [1.29, 1.82) is 0 Å². The largest absolute Gasteiger partial charge is 0.481 e. The van der Waals surface area contributed by atoms with Crippen molar-refractivity contribution in [2.45, 2.75) is 39.0 Å². The molecule has 1 aliphatic carbocycles. The standard InChI is InChI=1S/C16H18N2O2/c1-10-3-4-11(2)14(7-10)18-15(12-5-6-12)8-13(17-18)9-16(19)20/h3-4,7-8,12H,5-6,9H2,1-2H3,(H,19,20). The van der Waals surface area contributed by atoms with Crippen molar-refractivity contribution in [3.8, 4) is 5.69 Å². The molecule has 0 radical (unpaired) electrons. The van der Waals surface area contributed by atoms with Crippen LogP contribution >= 0.6 is 0 Å². The summed E-state index contributed by atoms with van der Waals surface area (Å²) in [6.07, 6.45) is 2.32. The van der Waals surface area contributed by atoms with Crippen molar-refractivity contribution in [1.82, 2.24) is 9.78 Å². The van der Waals surface area contributed by atoms with Gasteiger partial charge in [-0.2, -0.15) is 5.10 Å². The highest BCUT2D eigenvalue weighted by Gasteiger charge is 2.29. The van der Waals surface area contributed by atoms with Crippen LogP contribution in [0.2, 0.25) is 0 Å². The average molecular weight is 270 g/mol.